The molecule has 0 amide bonds. The quantitative estimate of drug-likeness (QED) is 0.912. The second-order valence-corrected chi connectivity index (χ2v) is 6.52. The van der Waals surface area contributed by atoms with Crippen molar-refractivity contribution in [2.24, 2.45) is 5.92 Å². The molecule has 3 rings (SSSR count). The Morgan fingerprint density at radius 3 is 2.87 bits per heavy atom. The lowest BCUT2D eigenvalue weighted by molar-refractivity contribution is 0.444. The van der Waals surface area contributed by atoms with Crippen molar-refractivity contribution in [3.05, 3.63) is 41.6 Å². The van der Waals surface area contributed by atoms with Gasteiger partial charge in [-0.1, -0.05) is 32.0 Å². The number of aryl methyl sites for hydroxylation is 2. The van der Waals surface area contributed by atoms with E-state index in [-0.39, 0.29) is 0 Å². The number of para-hydroxylation sites is 1. The van der Waals surface area contributed by atoms with Gasteiger partial charge in [0.15, 0.2) is 0 Å². The first-order chi connectivity index (χ1) is 11.2. The predicted molar refractivity (Wildman–Crippen MR) is 96.5 cm³/mol. The van der Waals surface area contributed by atoms with Crippen LogP contribution in [0.15, 0.2) is 30.3 Å². The fourth-order valence-corrected chi connectivity index (χ4v) is 3.24. The van der Waals surface area contributed by atoms with Crippen molar-refractivity contribution < 1.29 is 0 Å². The Bertz CT molecular complexity index is 668. The van der Waals surface area contributed by atoms with Crippen LogP contribution in [-0.4, -0.2) is 23.1 Å². The molecule has 1 aliphatic heterocycles. The van der Waals surface area contributed by atoms with Crippen LogP contribution in [0.2, 0.25) is 0 Å². The molecule has 2 aromatic rings. The predicted octanol–water partition coefficient (Wildman–Crippen LogP) is 4.33. The van der Waals surface area contributed by atoms with Gasteiger partial charge in [-0.3, -0.25) is 0 Å². The van der Waals surface area contributed by atoms with Crippen molar-refractivity contribution in [3.63, 3.8) is 0 Å². The molecule has 0 saturated carbocycles. The van der Waals surface area contributed by atoms with Gasteiger partial charge in [0.25, 0.3) is 0 Å². The van der Waals surface area contributed by atoms with E-state index < -0.39 is 0 Å². The van der Waals surface area contributed by atoms with Crippen LogP contribution in [0.5, 0.6) is 0 Å². The maximum atomic E-state index is 4.77. The summed E-state index contributed by atoms with van der Waals surface area (Å²) in [4.78, 5) is 11.7. The SMILES string of the molecule is CCc1ccccc1Nc1nc(C)cc(N2CCCC(C)C2)n1. The van der Waals surface area contributed by atoms with Crippen LogP contribution >= 0.6 is 0 Å². The van der Waals surface area contributed by atoms with E-state index in [0.717, 1.165) is 42.6 Å². The highest BCUT2D eigenvalue weighted by molar-refractivity contribution is 5.60. The van der Waals surface area contributed by atoms with Crippen LogP contribution in [0, 0.1) is 12.8 Å². The number of aromatic nitrogens is 2. The molecular formula is C19H26N4. The molecule has 23 heavy (non-hydrogen) atoms. The summed E-state index contributed by atoms with van der Waals surface area (Å²) in [6.07, 6.45) is 3.55. The zero-order valence-corrected chi connectivity index (χ0v) is 14.3. The molecule has 1 aromatic heterocycles. The Morgan fingerprint density at radius 1 is 1.26 bits per heavy atom. The first kappa shape index (κ1) is 15.8. The normalized spacial score (nSPS) is 18.0. The van der Waals surface area contributed by atoms with Gasteiger partial charge in [-0.25, -0.2) is 4.98 Å². The van der Waals surface area contributed by atoms with Gasteiger partial charge in [0.05, 0.1) is 0 Å². The van der Waals surface area contributed by atoms with Crippen LogP contribution in [0.25, 0.3) is 0 Å². The van der Waals surface area contributed by atoms with E-state index in [4.69, 9.17) is 4.98 Å². The molecule has 0 aliphatic carbocycles. The zero-order chi connectivity index (χ0) is 16.2. The number of hydrogen-bond acceptors (Lipinski definition) is 4. The minimum absolute atomic E-state index is 0.694. The highest BCUT2D eigenvalue weighted by Crippen LogP contribution is 2.24. The summed E-state index contributed by atoms with van der Waals surface area (Å²) in [5, 5.41) is 3.41. The van der Waals surface area contributed by atoms with Crippen LogP contribution in [-0.2, 0) is 6.42 Å². The molecule has 1 unspecified atom stereocenters. The molecule has 0 radical (unpaired) electrons. The van der Waals surface area contributed by atoms with Crippen molar-refractivity contribution in [2.75, 3.05) is 23.3 Å². The molecule has 4 heteroatoms. The first-order valence-corrected chi connectivity index (χ1v) is 8.61. The Balaban J connectivity index is 1.85. The molecule has 2 heterocycles. The van der Waals surface area contributed by atoms with Gasteiger partial charge in [0.2, 0.25) is 5.95 Å². The summed E-state index contributed by atoms with van der Waals surface area (Å²) in [6.45, 7) is 8.69. The third kappa shape index (κ3) is 3.81. The van der Waals surface area contributed by atoms with Gasteiger partial charge in [-0.2, -0.15) is 4.98 Å². The maximum Gasteiger partial charge on any atom is 0.229 e. The number of rotatable bonds is 4. The Labute approximate surface area is 139 Å². The standard InChI is InChI=1S/C19H26N4/c1-4-16-9-5-6-10-17(16)21-19-20-15(3)12-18(22-19)23-11-7-8-14(2)13-23/h5-6,9-10,12,14H,4,7-8,11,13H2,1-3H3,(H,20,21,22). The van der Waals surface area contributed by atoms with Gasteiger partial charge < -0.3 is 10.2 Å². The summed E-state index contributed by atoms with van der Waals surface area (Å²) >= 11 is 0. The van der Waals surface area contributed by atoms with Gasteiger partial charge in [0.1, 0.15) is 5.82 Å². The topological polar surface area (TPSA) is 41.1 Å². The molecular weight excluding hydrogens is 284 g/mol. The second-order valence-electron chi connectivity index (χ2n) is 6.52. The summed E-state index contributed by atoms with van der Waals surface area (Å²) in [5.74, 6) is 2.47. The number of benzene rings is 1. The average molecular weight is 310 g/mol. The van der Waals surface area contributed by atoms with Crippen LogP contribution < -0.4 is 10.2 Å². The molecule has 0 bridgehead atoms. The average Bonchev–Trinajstić information content (AvgIpc) is 2.55. The molecule has 122 valence electrons. The van der Waals surface area contributed by atoms with Crippen molar-refractivity contribution in [3.8, 4) is 0 Å². The smallest absolute Gasteiger partial charge is 0.229 e. The lowest BCUT2D eigenvalue weighted by Crippen LogP contribution is -2.35. The molecule has 1 saturated heterocycles. The largest absolute Gasteiger partial charge is 0.356 e. The molecule has 1 atom stereocenters. The van der Waals surface area contributed by atoms with Gasteiger partial charge in [-0.05, 0) is 43.7 Å². The molecule has 1 aromatic carbocycles. The van der Waals surface area contributed by atoms with Crippen LogP contribution in [0.3, 0.4) is 0 Å². The third-order valence-electron chi connectivity index (χ3n) is 4.47. The summed E-state index contributed by atoms with van der Waals surface area (Å²) in [5.41, 5.74) is 3.38. The molecule has 0 spiro atoms. The Hall–Kier alpha value is -2.10. The van der Waals surface area contributed by atoms with Crippen molar-refractivity contribution >= 4 is 17.5 Å². The number of piperidine rings is 1. The van der Waals surface area contributed by atoms with E-state index in [1.165, 1.54) is 18.4 Å². The van der Waals surface area contributed by atoms with Crippen LogP contribution in [0.1, 0.15) is 37.9 Å². The number of nitrogens with one attached hydrogen (secondary N) is 1. The van der Waals surface area contributed by atoms with E-state index in [1.807, 2.05) is 13.0 Å². The first-order valence-electron chi connectivity index (χ1n) is 8.61. The molecule has 1 fully saturated rings. The molecule has 1 aliphatic rings. The monoisotopic (exact) mass is 310 g/mol. The maximum absolute atomic E-state index is 4.77. The van der Waals surface area contributed by atoms with E-state index in [0.29, 0.717) is 5.95 Å². The van der Waals surface area contributed by atoms with E-state index >= 15 is 0 Å². The third-order valence-corrected chi connectivity index (χ3v) is 4.47. The minimum Gasteiger partial charge on any atom is -0.356 e. The highest BCUT2D eigenvalue weighted by atomic mass is 15.2. The van der Waals surface area contributed by atoms with Crippen LogP contribution in [0.4, 0.5) is 17.5 Å². The highest BCUT2D eigenvalue weighted by Gasteiger charge is 2.18. The summed E-state index contributed by atoms with van der Waals surface area (Å²) < 4.78 is 0. The summed E-state index contributed by atoms with van der Waals surface area (Å²) in [6, 6.07) is 10.4. The molecule has 1 N–H and O–H groups in total. The fourth-order valence-electron chi connectivity index (χ4n) is 3.24. The Morgan fingerprint density at radius 2 is 2.09 bits per heavy atom. The van der Waals surface area contributed by atoms with Gasteiger partial charge in [0, 0.05) is 30.5 Å². The van der Waals surface area contributed by atoms with Crippen molar-refractivity contribution in [2.45, 2.75) is 40.0 Å². The minimum atomic E-state index is 0.694. The lowest BCUT2D eigenvalue weighted by Gasteiger charge is -2.32. The second kappa shape index (κ2) is 6.99. The summed E-state index contributed by atoms with van der Waals surface area (Å²) in [7, 11) is 0. The number of nitrogens with zero attached hydrogens (tertiary/aromatic N) is 3. The van der Waals surface area contributed by atoms with Crippen molar-refractivity contribution in [1.29, 1.82) is 0 Å². The van der Waals surface area contributed by atoms with E-state index in [2.05, 4.69) is 53.3 Å². The van der Waals surface area contributed by atoms with Crippen molar-refractivity contribution in [1.82, 2.24) is 9.97 Å². The Kier molecular flexibility index (Phi) is 4.79. The molecule has 4 nitrogen and oxygen atoms in total. The fraction of sp³-hybridized carbons (Fsp3) is 0.474. The van der Waals surface area contributed by atoms with Gasteiger partial charge >= 0.3 is 0 Å². The number of hydrogen-bond donors (Lipinski definition) is 1. The number of anilines is 3. The zero-order valence-electron chi connectivity index (χ0n) is 14.3. The van der Waals surface area contributed by atoms with E-state index in [1.54, 1.807) is 0 Å². The van der Waals surface area contributed by atoms with E-state index in [9.17, 15) is 0 Å². The van der Waals surface area contributed by atoms with Gasteiger partial charge in [-0.15, -0.1) is 0 Å². The lowest BCUT2D eigenvalue weighted by atomic mass is 10.0.